The highest BCUT2D eigenvalue weighted by Gasteiger charge is 2.19. The summed E-state index contributed by atoms with van der Waals surface area (Å²) in [4.78, 5) is 6.10. The molecule has 0 saturated heterocycles. The number of aliphatic hydroxyl groups excluding tert-OH is 1. The molecule has 6 heteroatoms. The van der Waals surface area contributed by atoms with Gasteiger partial charge >= 0.3 is 0 Å². The Bertz CT molecular complexity index is 715. The summed E-state index contributed by atoms with van der Waals surface area (Å²) >= 11 is 4.56. The zero-order valence-corrected chi connectivity index (χ0v) is 15.9. The zero-order chi connectivity index (χ0) is 18.6. The zero-order valence-electron chi connectivity index (χ0n) is 15.0. The normalized spacial score (nSPS) is 12.7. The van der Waals surface area contributed by atoms with Crippen molar-refractivity contribution in [1.29, 1.82) is 0 Å². The van der Waals surface area contributed by atoms with E-state index >= 15 is 0 Å². The van der Waals surface area contributed by atoms with Gasteiger partial charge in [0.2, 0.25) is 5.88 Å². The summed E-state index contributed by atoms with van der Waals surface area (Å²) in [6.07, 6.45) is 1.17. The van der Waals surface area contributed by atoms with Gasteiger partial charge in [-0.2, -0.15) is 12.6 Å². The van der Waals surface area contributed by atoms with Gasteiger partial charge in [-0.15, -0.1) is 0 Å². The van der Waals surface area contributed by atoms with Gasteiger partial charge in [-0.25, -0.2) is 9.37 Å². The Morgan fingerprint density at radius 1 is 1.24 bits per heavy atom. The Hall–Kier alpha value is -1.63. The molecule has 4 nitrogen and oxygen atoms in total. The van der Waals surface area contributed by atoms with E-state index < -0.39 is 5.82 Å². The fourth-order valence-electron chi connectivity index (χ4n) is 2.82. The maximum absolute atomic E-state index is 14.4. The summed E-state index contributed by atoms with van der Waals surface area (Å²) in [6.45, 7) is 6.73. The minimum atomic E-state index is -0.409. The van der Waals surface area contributed by atoms with Crippen LogP contribution in [0.2, 0.25) is 0 Å². The molecule has 1 atom stereocenters. The van der Waals surface area contributed by atoms with Crippen molar-refractivity contribution in [2.24, 2.45) is 0 Å². The Morgan fingerprint density at radius 2 is 1.96 bits per heavy atom. The van der Waals surface area contributed by atoms with Gasteiger partial charge in [0, 0.05) is 24.2 Å². The second-order valence-corrected chi connectivity index (χ2v) is 7.00. The van der Waals surface area contributed by atoms with E-state index in [0.717, 1.165) is 16.7 Å². The lowest BCUT2D eigenvalue weighted by molar-refractivity contribution is 0.207. The Morgan fingerprint density at radius 3 is 2.52 bits per heavy atom. The van der Waals surface area contributed by atoms with Gasteiger partial charge < -0.3 is 9.84 Å². The van der Waals surface area contributed by atoms with Crippen LogP contribution in [-0.2, 0) is 13.2 Å². The van der Waals surface area contributed by atoms with Gasteiger partial charge in [0.15, 0.2) is 0 Å². The van der Waals surface area contributed by atoms with Crippen LogP contribution in [0.25, 0.3) is 11.1 Å². The number of hydrogen-bond acceptors (Lipinski definition) is 5. The molecule has 0 saturated carbocycles. The van der Waals surface area contributed by atoms with Crippen molar-refractivity contribution >= 4 is 12.6 Å². The molecule has 1 unspecified atom stereocenters. The number of aliphatic hydroxyl groups is 1. The van der Waals surface area contributed by atoms with Crippen molar-refractivity contribution in [3.8, 4) is 17.0 Å². The molecule has 2 rings (SSSR count). The first-order chi connectivity index (χ1) is 11.9. The van der Waals surface area contributed by atoms with Gasteiger partial charge in [0.05, 0.1) is 25.3 Å². The Balaban J connectivity index is 2.55. The first kappa shape index (κ1) is 19.7. The molecule has 0 fully saturated rings. The second kappa shape index (κ2) is 8.65. The standard InChI is InChI=1S/C19H25FN2O2S/c1-12(2)22(13(3)25)10-15-7-14(11-23)5-6-16(15)17-8-19(24-4)21-9-18(17)20/h5-9,12-13,23,25H,10-11H2,1-4H3. The van der Waals surface area contributed by atoms with Crippen LogP contribution in [0.4, 0.5) is 4.39 Å². The molecule has 136 valence electrons. The number of hydrogen-bond donors (Lipinski definition) is 2. The van der Waals surface area contributed by atoms with Crippen LogP contribution >= 0.6 is 12.6 Å². The minimum Gasteiger partial charge on any atom is -0.481 e. The summed E-state index contributed by atoms with van der Waals surface area (Å²) in [5.74, 6) is -0.0503. The molecule has 0 aliphatic heterocycles. The first-order valence-electron chi connectivity index (χ1n) is 8.23. The summed E-state index contributed by atoms with van der Waals surface area (Å²) in [5, 5.41) is 9.52. The SMILES string of the molecule is COc1cc(-c2ccc(CO)cc2CN(C(C)C)C(C)S)c(F)cn1. The fraction of sp³-hybridized carbons (Fsp3) is 0.421. The average molecular weight is 364 g/mol. The molecule has 1 aromatic carbocycles. The molecule has 25 heavy (non-hydrogen) atoms. The Labute approximate surface area is 154 Å². The second-order valence-electron chi connectivity index (χ2n) is 6.25. The van der Waals surface area contributed by atoms with Crippen LogP contribution in [0, 0.1) is 5.82 Å². The van der Waals surface area contributed by atoms with E-state index in [2.05, 4.69) is 36.4 Å². The van der Waals surface area contributed by atoms with Gasteiger partial charge in [-0.05, 0) is 37.5 Å². The maximum Gasteiger partial charge on any atom is 0.213 e. The van der Waals surface area contributed by atoms with Crippen molar-refractivity contribution in [1.82, 2.24) is 9.88 Å². The van der Waals surface area contributed by atoms with Crippen LogP contribution in [0.3, 0.4) is 0 Å². The van der Waals surface area contributed by atoms with Crippen molar-refractivity contribution in [3.05, 3.63) is 47.4 Å². The van der Waals surface area contributed by atoms with Crippen molar-refractivity contribution in [3.63, 3.8) is 0 Å². The number of aromatic nitrogens is 1. The highest BCUT2D eigenvalue weighted by Crippen LogP contribution is 2.31. The number of rotatable bonds is 7. The lowest BCUT2D eigenvalue weighted by Gasteiger charge is -2.30. The third-order valence-corrected chi connectivity index (χ3v) is 4.47. The summed E-state index contributed by atoms with van der Waals surface area (Å²) < 4.78 is 19.5. The molecule has 0 radical (unpaired) electrons. The van der Waals surface area contributed by atoms with Crippen LogP contribution < -0.4 is 4.74 Å². The summed E-state index contributed by atoms with van der Waals surface area (Å²) in [7, 11) is 1.50. The largest absolute Gasteiger partial charge is 0.481 e. The fourth-order valence-corrected chi connectivity index (χ4v) is 3.17. The number of nitrogens with zero attached hydrogens (tertiary/aromatic N) is 2. The van der Waals surface area contributed by atoms with Gasteiger partial charge in [-0.3, -0.25) is 4.90 Å². The van der Waals surface area contributed by atoms with Crippen LogP contribution in [-0.4, -0.2) is 33.5 Å². The topological polar surface area (TPSA) is 45.6 Å². The number of ether oxygens (including phenoxy) is 1. The molecule has 1 N–H and O–H groups in total. The van der Waals surface area contributed by atoms with E-state index in [0.29, 0.717) is 18.0 Å². The predicted molar refractivity (Wildman–Crippen MR) is 101 cm³/mol. The van der Waals surface area contributed by atoms with Crippen molar-refractivity contribution in [2.75, 3.05) is 7.11 Å². The molecule has 1 aromatic heterocycles. The monoisotopic (exact) mass is 364 g/mol. The number of halogens is 1. The van der Waals surface area contributed by atoms with E-state index in [1.165, 1.54) is 13.3 Å². The smallest absolute Gasteiger partial charge is 0.213 e. The first-order valence-corrected chi connectivity index (χ1v) is 8.75. The quantitative estimate of drug-likeness (QED) is 0.578. The molecule has 0 aliphatic rings. The maximum atomic E-state index is 14.4. The average Bonchev–Trinajstić information content (AvgIpc) is 2.59. The lowest BCUT2D eigenvalue weighted by Crippen LogP contribution is -2.35. The van der Waals surface area contributed by atoms with E-state index in [1.54, 1.807) is 12.1 Å². The molecule has 0 aliphatic carbocycles. The highest BCUT2D eigenvalue weighted by molar-refractivity contribution is 7.80. The number of thiol groups is 1. The molecular formula is C19H25FN2O2S. The van der Waals surface area contributed by atoms with Crippen LogP contribution in [0.5, 0.6) is 5.88 Å². The highest BCUT2D eigenvalue weighted by atomic mass is 32.1. The van der Waals surface area contributed by atoms with Crippen LogP contribution in [0.15, 0.2) is 30.5 Å². The molecule has 2 aromatic rings. The molecule has 0 bridgehead atoms. The van der Waals surface area contributed by atoms with Gasteiger partial charge in [-0.1, -0.05) is 18.2 Å². The molecule has 1 heterocycles. The van der Waals surface area contributed by atoms with E-state index in [-0.39, 0.29) is 18.0 Å². The third-order valence-electron chi connectivity index (χ3n) is 4.18. The minimum absolute atomic E-state index is 0.0439. The van der Waals surface area contributed by atoms with Crippen molar-refractivity contribution < 1.29 is 14.2 Å². The lowest BCUT2D eigenvalue weighted by atomic mass is 9.97. The van der Waals surface area contributed by atoms with Crippen molar-refractivity contribution in [2.45, 2.75) is 45.3 Å². The van der Waals surface area contributed by atoms with E-state index in [4.69, 9.17) is 4.74 Å². The third kappa shape index (κ3) is 4.71. The van der Waals surface area contributed by atoms with E-state index in [9.17, 15) is 9.50 Å². The Kier molecular flexibility index (Phi) is 6.81. The summed E-state index contributed by atoms with van der Waals surface area (Å²) in [5.41, 5.74) is 2.90. The number of pyridine rings is 1. The van der Waals surface area contributed by atoms with Crippen LogP contribution in [0.1, 0.15) is 31.9 Å². The van der Waals surface area contributed by atoms with Gasteiger partial charge in [0.25, 0.3) is 0 Å². The van der Waals surface area contributed by atoms with Gasteiger partial charge in [0.1, 0.15) is 5.82 Å². The van der Waals surface area contributed by atoms with E-state index in [1.807, 2.05) is 19.1 Å². The molecule has 0 amide bonds. The molecular weight excluding hydrogens is 339 g/mol. The summed E-state index contributed by atoms with van der Waals surface area (Å²) in [6, 6.07) is 7.41. The predicted octanol–water partition coefficient (Wildman–Crippen LogP) is 3.87. The molecule has 0 spiro atoms. The number of benzene rings is 1. The number of methoxy groups -OCH3 is 1.